The van der Waals surface area contributed by atoms with E-state index in [-0.39, 0.29) is 11.0 Å². The molecule has 0 bridgehead atoms. The number of aromatic amines is 1. The van der Waals surface area contributed by atoms with E-state index in [2.05, 4.69) is 15.1 Å². The van der Waals surface area contributed by atoms with Crippen molar-refractivity contribution in [3.8, 4) is 0 Å². The van der Waals surface area contributed by atoms with Gasteiger partial charge >= 0.3 is 0 Å². The van der Waals surface area contributed by atoms with Crippen LogP contribution in [0.5, 0.6) is 0 Å². The van der Waals surface area contributed by atoms with E-state index in [1.165, 1.54) is 6.20 Å². The number of ether oxygens (including phenoxy) is 1. The fourth-order valence-electron chi connectivity index (χ4n) is 2.11. The summed E-state index contributed by atoms with van der Waals surface area (Å²) in [6.45, 7) is 0. The first-order chi connectivity index (χ1) is 9.50. The predicted octanol–water partition coefficient (Wildman–Crippen LogP) is -2.95. The van der Waals surface area contributed by atoms with Gasteiger partial charge in [0.1, 0.15) is 23.7 Å². The van der Waals surface area contributed by atoms with Crippen LogP contribution in [-0.4, -0.2) is 64.8 Å². The van der Waals surface area contributed by atoms with E-state index in [0.717, 1.165) is 11.0 Å². The van der Waals surface area contributed by atoms with Crippen LogP contribution in [0.25, 0.3) is 11.0 Å². The predicted molar refractivity (Wildman–Crippen MR) is 62.3 cm³/mol. The minimum Gasteiger partial charge on any atom is -0.387 e. The molecular formula is C10H12N4O6. The number of nitrogens with one attached hydrogen (secondary N) is 1. The summed E-state index contributed by atoms with van der Waals surface area (Å²) < 4.78 is 6.08. The highest BCUT2D eigenvalue weighted by Gasteiger charge is 2.44. The maximum absolute atomic E-state index is 11.5. The van der Waals surface area contributed by atoms with Gasteiger partial charge in [-0.25, -0.2) is 9.67 Å². The highest BCUT2D eigenvalue weighted by atomic mass is 16.6. The second-order valence-corrected chi connectivity index (χ2v) is 4.45. The first-order valence-corrected chi connectivity index (χ1v) is 5.79. The molecule has 1 fully saturated rings. The van der Waals surface area contributed by atoms with Gasteiger partial charge in [-0.05, 0) is 0 Å². The van der Waals surface area contributed by atoms with Gasteiger partial charge in [-0.15, -0.1) is 0 Å². The third kappa shape index (κ3) is 1.82. The normalized spacial score (nSPS) is 34.5. The highest BCUT2D eigenvalue weighted by Crippen LogP contribution is 2.28. The number of nitrogens with zero attached hydrogens (tertiary/aromatic N) is 3. The Morgan fingerprint density at radius 2 is 1.95 bits per heavy atom. The molecule has 1 unspecified atom stereocenters. The van der Waals surface area contributed by atoms with E-state index < -0.39 is 36.4 Å². The Bertz CT molecular complexity index is 684. The smallest absolute Gasteiger partial charge is 0.261 e. The maximum Gasteiger partial charge on any atom is 0.261 e. The van der Waals surface area contributed by atoms with Crippen LogP contribution in [-0.2, 0) is 4.74 Å². The molecule has 0 saturated carbocycles. The van der Waals surface area contributed by atoms with Crippen LogP contribution in [0.4, 0.5) is 0 Å². The quantitative estimate of drug-likeness (QED) is 0.372. The van der Waals surface area contributed by atoms with Gasteiger partial charge < -0.3 is 30.1 Å². The van der Waals surface area contributed by atoms with E-state index in [4.69, 9.17) is 4.74 Å². The molecule has 1 aliphatic rings. The Morgan fingerprint density at radius 3 is 2.70 bits per heavy atom. The van der Waals surface area contributed by atoms with Gasteiger partial charge in [-0.1, -0.05) is 0 Å². The molecular weight excluding hydrogens is 272 g/mol. The molecule has 108 valence electrons. The van der Waals surface area contributed by atoms with Crippen molar-refractivity contribution in [3.63, 3.8) is 0 Å². The average molecular weight is 284 g/mol. The molecule has 10 nitrogen and oxygen atoms in total. The molecule has 0 aliphatic carbocycles. The van der Waals surface area contributed by atoms with Crippen LogP contribution >= 0.6 is 0 Å². The van der Waals surface area contributed by atoms with Crippen LogP contribution in [0.15, 0.2) is 17.3 Å². The van der Waals surface area contributed by atoms with Gasteiger partial charge in [0.15, 0.2) is 18.2 Å². The zero-order valence-electron chi connectivity index (χ0n) is 9.99. The van der Waals surface area contributed by atoms with Crippen molar-refractivity contribution in [2.24, 2.45) is 0 Å². The SMILES string of the molecule is O=c1[nH]cnc2c1cnn2[C@H]1OC(O)[C@H](O)[C@H](O)[C@@H]1O. The number of hydrogen-bond donors (Lipinski definition) is 5. The first kappa shape index (κ1) is 13.1. The Labute approximate surface area is 110 Å². The fourth-order valence-corrected chi connectivity index (χ4v) is 2.11. The lowest BCUT2D eigenvalue weighted by Crippen LogP contribution is -2.55. The first-order valence-electron chi connectivity index (χ1n) is 5.79. The minimum atomic E-state index is -1.69. The molecule has 5 N–H and O–H groups in total. The molecule has 2 aromatic rings. The van der Waals surface area contributed by atoms with E-state index >= 15 is 0 Å². The number of hydrogen-bond acceptors (Lipinski definition) is 8. The summed E-state index contributed by atoms with van der Waals surface area (Å²) in [5.41, 5.74) is -0.304. The van der Waals surface area contributed by atoms with E-state index in [1.54, 1.807) is 0 Å². The Balaban J connectivity index is 2.07. The lowest BCUT2D eigenvalue weighted by Gasteiger charge is -2.38. The summed E-state index contributed by atoms with van der Waals surface area (Å²) in [7, 11) is 0. The number of H-pyrrole nitrogens is 1. The molecule has 0 radical (unpaired) electrons. The zero-order valence-corrected chi connectivity index (χ0v) is 9.99. The third-order valence-corrected chi connectivity index (χ3v) is 3.20. The molecule has 0 spiro atoms. The van der Waals surface area contributed by atoms with E-state index in [9.17, 15) is 25.2 Å². The number of aliphatic hydroxyl groups is 4. The van der Waals surface area contributed by atoms with Crippen LogP contribution in [0, 0.1) is 0 Å². The van der Waals surface area contributed by atoms with E-state index in [0.29, 0.717) is 0 Å². The lowest BCUT2D eigenvalue weighted by molar-refractivity contribution is -0.302. The van der Waals surface area contributed by atoms with E-state index in [1.807, 2.05) is 0 Å². The summed E-state index contributed by atoms with van der Waals surface area (Å²) in [6, 6.07) is 0. The topological polar surface area (TPSA) is 154 Å². The van der Waals surface area contributed by atoms with Crippen molar-refractivity contribution in [3.05, 3.63) is 22.9 Å². The number of aliphatic hydroxyl groups excluding tert-OH is 4. The standard InChI is InChI=1S/C10H12N4O6/c15-4-5(16)9(20-10(19)6(4)17)14-7-3(1-13-14)8(18)12-2-11-7/h1-2,4-6,9-10,15-17,19H,(H,11,12,18)/t4-,5+,6-,9+,10?/m1/s1. The van der Waals surface area contributed by atoms with Crippen molar-refractivity contribution < 1.29 is 25.2 Å². The molecule has 0 amide bonds. The molecule has 1 aliphatic heterocycles. The summed E-state index contributed by atoms with van der Waals surface area (Å²) in [6.07, 6.45) is -5.40. The largest absolute Gasteiger partial charge is 0.387 e. The van der Waals surface area contributed by atoms with Crippen LogP contribution < -0.4 is 5.56 Å². The van der Waals surface area contributed by atoms with Crippen LogP contribution in [0.3, 0.4) is 0 Å². The number of fused-ring (bicyclic) bond motifs is 1. The summed E-state index contributed by atoms with van der Waals surface area (Å²) >= 11 is 0. The second-order valence-electron chi connectivity index (χ2n) is 4.45. The Kier molecular flexibility index (Phi) is 3.03. The number of rotatable bonds is 1. The monoisotopic (exact) mass is 284 g/mol. The number of aromatic nitrogens is 4. The van der Waals surface area contributed by atoms with Crippen molar-refractivity contribution in [1.82, 2.24) is 19.7 Å². The van der Waals surface area contributed by atoms with Gasteiger partial charge in [0.2, 0.25) is 0 Å². The summed E-state index contributed by atoms with van der Waals surface area (Å²) in [5, 5.41) is 42.5. The summed E-state index contributed by atoms with van der Waals surface area (Å²) in [4.78, 5) is 17.8. The fraction of sp³-hybridized carbons (Fsp3) is 0.500. The van der Waals surface area contributed by atoms with Crippen molar-refractivity contribution in [2.45, 2.75) is 30.8 Å². The lowest BCUT2D eigenvalue weighted by atomic mass is 10.0. The second kappa shape index (κ2) is 4.61. The molecule has 10 heteroatoms. The molecule has 1 saturated heterocycles. The highest BCUT2D eigenvalue weighted by molar-refractivity contribution is 5.72. The van der Waals surface area contributed by atoms with Gasteiger partial charge in [0.25, 0.3) is 5.56 Å². The van der Waals surface area contributed by atoms with Crippen LogP contribution in [0.2, 0.25) is 0 Å². The van der Waals surface area contributed by atoms with Gasteiger partial charge in [-0.2, -0.15) is 5.10 Å². The van der Waals surface area contributed by atoms with Gasteiger partial charge in [0, 0.05) is 0 Å². The third-order valence-electron chi connectivity index (χ3n) is 3.20. The average Bonchev–Trinajstić information content (AvgIpc) is 2.86. The van der Waals surface area contributed by atoms with Crippen LogP contribution in [0.1, 0.15) is 6.23 Å². The van der Waals surface area contributed by atoms with Gasteiger partial charge in [0.05, 0.1) is 12.5 Å². The van der Waals surface area contributed by atoms with Crippen molar-refractivity contribution in [2.75, 3.05) is 0 Å². The molecule has 2 aromatic heterocycles. The van der Waals surface area contributed by atoms with Crippen molar-refractivity contribution in [1.29, 1.82) is 0 Å². The summed E-state index contributed by atoms with van der Waals surface area (Å²) in [5.74, 6) is 0. The molecule has 3 heterocycles. The minimum absolute atomic E-state index is 0.119. The Hall–Kier alpha value is -1.85. The maximum atomic E-state index is 11.5. The zero-order chi connectivity index (χ0) is 14.4. The molecule has 3 rings (SSSR count). The Morgan fingerprint density at radius 1 is 1.20 bits per heavy atom. The van der Waals surface area contributed by atoms with Gasteiger partial charge in [-0.3, -0.25) is 4.79 Å². The molecule has 20 heavy (non-hydrogen) atoms. The van der Waals surface area contributed by atoms with Crippen molar-refractivity contribution >= 4 is 11.0 Å². The molecule has 5 atom stereocenters. The molecule has 0 aromatic carbocycles.